The summed E-state index contributed by atoms with van der Waals surface area (Å²) < 4.78 is 0. The molecule has 1 aliphatic heterocycles. The molecule has 16 heavy (non-hydrogen) atoms. The lowest BCUT2D eigenvalue weighted by molar-refractivity contribution is 0.918. The minimum absolute atomic E-state index is 0. The van der Waals surface area contributed by atoms with Crippen molar-refractivity contribution in [1.29, 1.82) is 0 Å². The topological polar surface area (TPSA) is 24.4 Å². The predicted molar refractivity (Wildman–Crippen MR) is 71.8 cm³/mol. The van der Waals surface area contributed by atoms with Crippen molar-refractivity contribution in [3.63, 3.8) is 0 Å². The second-order valence-electron chi connectivity index (χ2n) is 4.01. The van der Waals surface area contributed by atoms with Gasteiger partial charge in [-0.3, -0.25) is 4.99 Å². The number of amidine groups is 1. The first-order valence-electron chi connectivity index (χ1n) is 5.68. The molecular weight excluding hydrogens is 220 g/mol. The van der Waals surface area contributed by atoms with Crippen molar-refractivity contribution in [2.24, 2.45) is 4.99 Å². The van der Waals surface area contributed by atoms with Gasteiger partial charge < -0.3 is 5.32 Å². The van der Waals surface area contributed by atoms with Gasteiger partial charge >= 0.3 is 0 Å². The first-order valence-corrected chi connectivity index (χ1v) is 5.68. The van der Waals surface area contributed by atoms with Crippen molar-refractivity contribution >= 4 is 18.2 Å². The van der Waals surface area contributed by atoms with Crippen LogP contribution in [0.3, 0.4) is 0 Å². The molecule has 1 N–H and O–H groups in total. The molecule has 1 unspecified atom stereocenters. The minimum Gasteiger partial charge on any atom is -0.371 e. The normalized spacial score (nSPS) is 16.0. The molecule has 0 saturated carbocycles. The molecule has 0 aromatic heterocycles. The Morgan fingerprint density at radius 1 is 1.31 bits per heavy atom. The molecule has 88 valence electrons. The largest absolute Gasteiger partial charge is 0.371 e. The van der Waals surface area contributed by atoms with E-state index in [2.05, 4.69) is 48.4 Å². The lowest BCUT2D eigenvalue weighted by Crippen LogP contribution is -2.23. The van der Waals surface area contributed by atoms with Gasteiger partial charge in [-0.15, -0.1) is 12.4 Å². The fourth-order valence-electron chi connectivity index (χ4n) is 1.91. The summed E-state index contributed by atoms with van der Waals surface area (Å²) in [6.45, 7) is 6.30. The van der Waals surface area contributed by atoms with E-state index in [1.165, 1.54) is 11.1 Å². The van der Waals surface area contributed by atoms with Gasteiger partial charge in [0.1, 0.15) is 5.84 Å². The van der Waals surface area contributed by atoms with Crippen LogP contribution in [-0.2, 0) is 6.42 Å². The van der Waals surface area contributed by atoms with E-state index in [1.54, 1.807) is 0 Å². The van der Waals surface area contributed by atoms with Gasteiger partial charge in [-0.05, 0) is 17.5 Å². The molecule has 0 saturated heterocycles. The van der Waals surface area contributed by atoms with Crippen molar-refractivity contribution in [2.45, 2.75) is 26.2 Å². The number of benzene rings is 1. The number of nitrogens with one attached hydrogen (secondary N) is 1. The van der Waals surface area contributed by atoms with Crippen LogP contribution in [0.2, 0.25) is 0 Å². The Bertz CT molecular complexity index is 357. The maximum atomic E-state index is 4.46. The molecule has 0 radical (unpaired) electrons. The van der Waals surface area contributed by atoms with Crippen LogP contribution in [0, 0.1) is 0 Å². The van der Waals surface area contributed by atoms with E-state index in [4.69, 9.17) is 0 Å². The molecule has 1 aromatic rings. The van der Waals surface area contributed by atoms with Gasteiger partial charge in [0.25, 0.3) is 0 Å². The van der Waals surface area contributed by atoms with E-state index in [-0.39, 0.29) is 12.4 Å². The van der Waals surface area contributed by atoms with E-state index in [9.17, 15) is 0 Å². The molecule has 0 aliphatic carbocycles. The van der Waals surface area contributed by atoms with Gasteiger partial charge in [0.05, 0.1) is 6.54 Å². The summed E-state index contributed by atoms with van der Waals surface area (Å²) in [7, 11) is 0. The SMILES string of the molecule is CCc1ccc(C(C)C2=NCCN2)cc1.Cl. The number of nitrogens with zero attached hydrogens (tertiary/aromatic N) is 1. The zero-order valence-corrected chi connectivity index (χ0v) is 10.7. The van der Waals surface area contributed by atoms with E-state index in [1.807, 2.05) is 0 Å². The van der Waals surface area contributed by atoms with Crippen LogP contribution in [0.15, 0.2) is 29.3 Å². The molecule has 0 fully saturated rings. The third kappa shape index (κ3) is 2.76. The lowest BCUT2D eigenvalue weighted by Gasteiger charge is -2.12. The summed E-state index contributed by atoms with van der Waals surface area (Å²) in [6.07, 6.45) is 1.11. The fraction of sp³-hybridized carbons (Fsp3) is 0.462. The molecule has 1 heterocycles. The third-order valence-electron chi connectivity index (χ3n) is 3.00. The quantitative estimate of drug-likeness (QED) is 0.861. The van der Waals surface area contributed by atoms with E-state index >= 15 is 0 Å². The molecule has 0 amide bonds. The Morgan fingerprint density at radius 2 is 2.00 bits per heavy atom. The number of hydrogen-bond donors (Lipinski definition) is 1. The molecule has 0 bridgehead atoms. The highest BCUT2D eigenvalue weighted by molar-refractivity contribution is 5.89. The first-order chi connectivity index (χ1) is 7.31. The van der Waals surface area contributed by atoms with Crippen molar-refractivity contribution in [3.05, 3.63) is 35.4 Å². The molecular formula is C13H19ClN2. The zero-order chi connectivity index (χ0) is 10.7. The standard InChI is InChI=1S/C13H18N2.ClH/c1-3-11-4-6-12(7-5-11)10(2)13-14-8-9-15-13;/h4-7,10H,3,8-9H2,1-2H3,(H,14,15);1H. The van der Waals surface area contributed by atoms with Gasteiger partial charge in [-0.1, -0.05) is 38.1 Å². The highest BCUT2D eigenvalue weighted by atomic mass is 35.5. The van der Waals surface area contributed by atoms with Crippen LogP contribution in [0.25, 0.3) is 0 Å². The summed E-state index contributed by atoms with van der Waals surface area (Å²) in [5.74, 6) is 1.54. The average Bonchev–Trinajstić information content (AvgIpc) is 2.82. The van der Waals surface area contributed by atoms with Crippen LogP contribution in [0.5, 0.6) is 0 Å². The number of rotatable bonds is 3. The summed E-state index contributed by atoms with van der Waals surface area (Å²) >= 11 is 0. The van der Waals surface area contributed by atoms with Gasteiger partial charge in [0.2, 0.25) is 0 Å². The molecule has 3 heteroatoms. The van der Waals surface area contributed by atoms with Gasteiger partial charge in [-0.2, -0.15) is 0 Å². The molecule has 1 atom stereocenters. The molecule has 2 nitrogen and oxygen atoms in total. The maximum Gasteiger partial charge on any atom is 0.104 e. The van der Waals surface area contributed by atoms with E-state index in [0.29, 0.717) is 5.92 Å². The zero-order valence-electron chi connectivity index (χ0n) is 9.86. The minimum atomic E-state index is 0. The summed E-state index contributed by atoms with van der Waals surface area (Å²) in [4.78, 5) is 4.46. The summed E-state index contributed by atoms with van der Waals surface area (Å²) in [5.41, 5.74) is 2.74. The smallest absolute Gasteiger partial charge is 0.104 e. The molecule has 1 aromatic carbocycles. The van der Waals surface area contributed by atoms with E-state index < -0.39 is 0 Å². The summed E-state index contributed by atoms with van der Waals surface area (Å²) in [6, 6.07) is 8.85. The highest BCUT2D eigenvalue weighted by Gasteiger charge is 2.15. The highest BCUT2D eigenvalue weighted by Crippen LogP contribution is 2.18. The van der Waals surface area contributed by atoms with Crippen LogP contribution < -0.4 is 5.32 Å². The Balaban J connectivity index is 0.00000128. The monoisotopic (exact) mass is 238 g/mol. The first kappa shape index (κ1) is 13.0. The fourth-order valence-corrected chi connectivity index (χ4v) is 1.91. The second kappa shape index (κ2) is 5.90. The van der Waals surface area contributed by atoms with Gasteiger partial charge in [-0.25, -0.2) is 0 Å². The Morgan fingerprint density at radius 3 is 2.50 bits per heavy atom. The molecule has 1 aliphatic rings. The summed E-state index contributed by atoms with van der Waals surface area (Å²) in [5, 5.41) is 3.33. The van der Waals surface area contributed by atoms with Crippen LogP contribution in [0.1, 0.15) is 30.9 Å². The van der Waals surface area contributed by atoms with Crippen molar-refractivity contribution < 1.29 is 0 Å². The van der Waals surface area contributed by atoms with Gasteiger partial charge in [0, 0.05) is 12.5 Å². The van der Waals surface area contributed by atoms with Crippen molar-refractivity contribution in [3.8, 4) is 0 Å². The maximum absolute atomic E-state index is 4.46. The third-order valence-corrected chi connectivity index (χ3v) is 3.00. The molecule has 2 rings (SSSR count). The van der Waals surface area contributed by atoms with Crippen LogP contribution in [-0.4, -0.2) is 18.9 Å². The number of aryl methyl sites for hydroxylation is 1. The second-order valence-corrected chi connectivity index (χ2v) is 4.01. The Kier molecular flexibility index (Phi) is 4.81. The van der Waals surface area contributed by atoms with Gasteiger partial charge in [0.15, 0.2) is 0 Å². The number of hydrogen-bond acceptors (Lipinski definition) is 2. The number of halogens is 1. The molecule has 0 spiro atoms. The van der Waals surface area contributed by atoms with Crippen LogP contribution in [0.4, 0.5) is 0 Å². The van der Waals surface area contributed by atoms with E-state index in [0.717, 1.165) is 25.3 Å². The van der Waals surface area contributed by atoms with Crippen molar-refractivity contribution in [2.75, 3.05) is 13.1 Å². The van der Waals surface area contributed by atoms with Crippen LogP contribution >= 0.6 is 12.4 Å². The Labute approximate surface area is 104 Å². The predicted octanol–water partition coefficient (Wildman–Crippen LogP) is 2.78. The van der Waals surface area contributed by atoms with Crippen molar-refractivity contribution in [1.82, 2.24) is 5.32 Å². The Hall–Kier alpha value is -1.02. The average molecular weight is 239 g/mol. The lowest BCUT2D eigenvalue weighted by atomic mass is 9.98. The number of aliphatic imine (C=N–C) groups is 1.